The fraction of sp³-hybridized carbons (Fsp3) is 0.909. The normalized spacial score (nSPS) is 33.9. The molecule has 0 aromatic carbocycles. The highest BCUT2D eigenvalue weighted by molar-refractivity contribution is 7.89. The zero-order chi connectivity index (χ0) is 13.4. The molecule has 0 spiro atoms. The average molecular weight is 277 g/mol. The van der Waals surface area contributed by atoms with E-state index in [1.807, 2.05) is 0 Å². The van der Waals surface area contributed by atoms with Crippen LogP contribution in [0.1, 0.15) is 32.1 Å². The van der Waals surface area contributed by atoms with Crippen LogP contribution >= 0.6 is 0 Å². The minimum absolute atomic E-state index is 0.0523. The van der Waals surface area contributed by atoms with Crippen LogP contribution in [0.5, 0.6) is 0 Å². The molecule has 1 aliphatic heterocycles. The van der Waals surface area contributed by atoms with Gasteiger partial charge in [-0.15, -0.1) is 0 Å². The SMILES string of the molecule is O=C(O)CS(=O)(=O)N1CCC2(O)CCCCC2C1. The Morgan fingerprint density at radius 2 is 2.06 bits per heavy atom. The van der Waals surface area contributed by atoms with Gasteiger partial charge in [0.2, 0.25) is 10.0 Å². The van der Waals surface area contributed by atoms with Gasteiger partial charge in [-0.05, 0) is 19.3 Å². The number of aliphatic carboxylic acids is 1. The van der Waals surface area contributed by atoms with Gasteiger partial charge in [0.1, 0.15) is 0 Å². The minimum atomic E-state index is -3.74. The first-order valence-electron chi connectivity index (χ1n) is 6.25. The van der Waals surface area contributed by atoms with Crippen molar-refractivity contribution in [3.8, 4) is 0 Å². The van der Waals surface area contributed by atoms with Gasteiger partial charge in [-0.3, -0.25) is 4.79 Å². The number of fused-ring (bicyclic) bond motifs is 1. The van der Waals surface area contributed by atoms with Gasteiger partial charge in [-0.1, -0.05) is 12.8 Å². The lowest BCUT2D eigenvalue weighted by molar-refractivity contribution is -0.134. The van der Waals surface area contributed by atoms with E-state index >= 15 is 0 Å². The second-order valence-corrected chi connectivity index (χ2v) is 7.27. The van der Waals surface area contributed by atoms with Crippen LogP contribution in [-0.4, -0.2) is 53.3 Å². The van der Waals surface area contributed by atoms with Crippen molar-refractivity contribution >= 4 is 16.0 Å². The number of piperidine rings is 1. The molecule has 2 rings (SSSR count). The third-order valence-electron chi connectivity index (χ3n) is 4.09. The summed E-state index contributed by atoms with van der Waals surface area (Å²) in [6, 6.07) is 0. The number of carboxylic acid groups (broad SMARTS) is 1. The Balaban J connectivity index is 2.09. The zero-order valence-corrected chi connectivity index (χ0v) is 11.0. The van der Waals surface area contributed by atoms with Crippen molar-refractivity contribution in [3.05, 3.63) is 0 Å². The van der Waals surface area contributed by atoms with Gasteiger partial charge in [0.05, 0.1) is 5.60 Å². The van der Waals surface area contributed by atoms with E-state index in [4.69, 9.17) is 5.11 Å². The maximum absolute atomic E-state index is 11.8. The number of sulfonamides is 1. The predicted molar refractivity (Wildman–Crippen MR) is 64.5 cm³/mol. The van der Waals surface area contributed by atoms with Crippen LogP contribution in [0.4, 0.5) is 0 Å². The van der Waals surface area contributed by atoms with Crippen molar-refractivity contribution in [1.29, 1.82) is 0 Å². The maximum Gasteiger partial charge on any atom is 0.320 e. The number of carboxylic acids is 1. The summed E-state index contributed by atoms with van der Waals surface area (Å²) in [5.74, 6) is -2.25. The third kappa shape index (κ3) is 2.67. The maximum atomic E-state index is 11.8. The molecule has 2 N–H and O–H groups in total. The summed E-state index contributed by atoms with van der Waals surface area (Å²) in [4.78, 5) is 10.5. The molecule has 1 heterocycles. The molecule has 2 unspecified atom stereocenters. The van der Waals surface area contributed by atoms with Crippen molar-refractivity contribution in [2.45, 2.75) is 37.7 Å². The van der Waals surface area contributed by atoms with Gasteiger partial charge >= 0.3 is 5.97 Å². The number of nitrogens with zero attached hydrogens (tertiary/aromatic N) is 1. The molecule has 2 atom stereocenters. The molecule has 1 saturated carbocycles. The monoisotopic (exact) mass is 277 g/mol. The molecule has 1 saturated heterocycles. The van der Waals surface area contributed by atoms with Crippen molar-refractivity contribution in [3.63, 3.8) is 0 Å². The van der Waals surface area contributed by atoms with E-state index in [0.717, 1.165) is 25.7 Å². The van der Waals surface area contributed by atoms with E-state index in [1.54, 1.807) is 0 Å². The second kappa shape index (κ2) is 4.79. The highest BCUT2D eigenvalue weighted by Crippen LogP contribution is 2.40. The summed E-state index contributed by atoms with van der Waals surface area (Å²) in [6.45, 7) is 0.481. The average Bonchev–Trinajstić information content (AvgIpc) is 2.25. The number of rotatable bonds is 3. The molecule has 0 bridgehead atoms. The number of hydrogen-bond acceptors (Lipinski definition) is 4. The van der Waals surface area contributed by atoms with Crippen LogP contribution < -0.4 is 0 Å². The molecule has 6 nitrogen and oxygen atoms in total. The van der Waals surface area contributed by atoms with Crippen molar-refractivity contribution in [2.24, 2.45) is 5.92 Å². The highest BCUT2D eigenvalue weighted by atomic mass is 32.2. The Morgan fingerprint density at radius 1 is 1.33 bits per heavy atom. The van der Waals surface area contributed by atoms with Gasteiger partial charge in [-0.2, -0.15) is 0 Å². The molecule has 0 amide bonds. The molecular weight excluding hydrogens is 258 g/mol. The Hall–Kier alpha value is -0.660. The van der Waals surface area contributed by atoms with Crippen LogP contribution in [0.25, 0.3) is 0 Å². The highest BCUT2D eigenvalue weighted by Gasteiger charge is 2.45. The standard InChI is InChI=1S/C11H19NO5S/c13-10(14)8-18(16,17)12-6-5-11(15)4-2-1-3-9(11)7-12/h9,15H,1-8H2,(H,13,14). The minimum Gasteiger partial charge on any atom is -0.480 e. The van der Waals surface area contributed by atoms with Gasteiger partial charge in [-0.25, -0.2) is 12.7 Å². The smallest absolute Gasteiger partial charge is 0.320 e. The van der Waals surface area contributed by atoms with Crippen LogP contribution in [0.3, 0.4) is 0 Å². The molecule has 18 heavy (non-hydrogen) atoms. The number of hydrogen-bond donors (Lipinski definition) is 2. The fourth-order valence-electron chi connectivity index (χ4n) is 3.04. The van der Waals surface area contributed by atoms with Gasteiger partial charge in [0, 0.05) is 19.0 Å². The summed E-state index contributed by atoms with van der Waals surface area (Å²) >= 11 is 0. The number of carbonyl (C=O) groups is 1. The topological polar surface area (TPSA) is 94.9 Å². The van der Waals surface area contributed by atoms with E-state index in [2.05, 4.69) is 0 Å². The molecule has 0 aromatic heterocycles. The van der Waals surface area contributed by atoms with Crippen LogP contribution in [-0.2, 0) is 14.8 Å². The molecule has 104 valence electrons. The molecule has 0 aromatic rings. The van der Waals surface area contributed by atoms with Crippen molar-refractivity contribution in [1.82, 2.24) is 4.31 Å². The van der Waals surface area contributed by atoms with Crippen molar-refractivity contribution < 1.29 is 23.4 Å². The molecule has 7 heteroatoms. The summed E-state index contributed by atoms with van der Waals surface area (Å²) in [7, 11) is -3.74. The Bertz CT molecular complexity index is 435. The first-order chi connectivity index (χ1) is 8.33. The van der Waals surface area contributed by atoms with Crippen LogP contribution in [0, 0.1) is 5.92 Å². The van der Waals surface area contributed by atoms with E-state index in [0.29, 0.717) is 6.42 Å². The van der Waals surface area contributed by atoms with Gasteiger partial charge in [0.15, 0.2) is 5.75 Å². The van der Waals surface area contributed by atoms with E-state index in [1.165, 1.54) is 4.31 Å². The van der Waals surface area contributed by atoms with Crippen LogP contribution in [0.15, 0.2) is 0 Å². The fourth-order valence-corrected chi connectivity index (χ4v) is 4.31. The lowest BCUT2D eigenvalue weighted by Crippen LogP contribution is -2.55. The second-order valence-electron chi connectivity index (χ2n) is 5.30. The molecule has 0 radical (unpaired) electrons. The van der Waals surface area contributed by atoms with Crippen molar-refractivity contribution in [2.75, 3.05) is 18.8 Å². The first kappa shape index (κ1) is 13.8. The zero-order valence-electron chi connectivity index (χ0n) is 10.2. The van der Waals surface area contributed by atoms with E-state index in [-0.39, 0.29) is 19.0 Å². The first-order valence-corrected chi connectivity index (χ1v) is 7.86. The third-order valence-corrected chi connectivity index (χ3v) is 5.82. The number of aliphatic hydroxyl groups is 1. The lowest BCUT2D eigenvalue weighted by atomic mass is 9.72. The van der Waals surface area contributed by atoms with E-state index < -0.39 is 27.3 Å². The predicted octanol–water partition coefficient (Wildman–Crippen LogP) is 0.0278. The Morgan fingerprint density at radius 3 is 2.72 bits per heavy atom. The Labute approximate surface area is 107 Å². The summed E-state index contributed by atoms with van der Waals surface area (Å²) in [5, 5.41) is 19.0. The van der Waals surface area contributed by atoms with E-state index in [9.17, 15) is 18.3 Å². The quantitative estimate of drug-likeness (QED) is 0.759. The molecule has 2 fully saturated rings. The van der Waals surface area contributed by atoms with Gasteiger partial charge < -0.3 is 10.2 Å². The summed E-state index contributed by atoms with van der Waals surface area (Å²) in [6.07, 6.45) is 3.94. The lowest BCUT2D eigenvalue weighted by Gasteiger charge is -2.46. The Kier molecular flexibility index (Phi) is 3.66. The summed E-state index contributed by atoms with van der Waals surface area (Å²) in [5.41, 5.74) is -0.743. The largest absolute Gasteiger partial charge is 0.480 e. The van der Waals surface area contributed by atoms with Gasteiger partial charge in [0.25, 0.3) is 0 Å². The molecule has 2 aliphatic rings. The summed E-state index contributed by atoms with van der Waals surface area (Å²) < 4.78 is 24.9. The van der Waals surface area contributed by atoms with Crippen LogP contribution in [0.2, 0.25) is 0 Å². The molecular formula is C11H19NO5S. The molecule has 1 aliphatic carbocycles.